The number of carbonyl (C=O) groups excluding carboxylic acids is 2. The van der Waals surface area contributed by atoms with Gasteiger partial charge in [-0.3, -0.25) is 9.59 Å². The summed E-state index contributed by atoms with van der Waals surface area (Å²) in [6, 6.07) is 0. The Hall–Kier alpha value is -1.14. The van der Waals surface area contributed by atoms with E-state index in [1.54, 1.807) is 4.90 Å². The molecule has 100 valence electrons. The third-order valence-electron chi connectivity index (χ3n) is 2.27. The lowest BCUT2D eigenvalue weighted by Gasteiger charge is -2.18. The number of rotatable bonds is 9. The first-order valence-electron chi connectivity index (χ1n) is 5.97. The highest BCUT2D eigenvalue weighted by Crippen LogP contribution is 1.92. The molecule has 6 nitrogen and oxygen atoms in total. The summed E-state index contributed by atoms with van der Waals surface area (Å²) in [6.07, 6.45) is 0.324. The number of amides is 2. The summed E-state index contributed by atoms with van der Waals surface area (Å²) in [4.78, 5) is 24.5. The summed E-state index contributed by atoms with van der Waals surface area (Å²) in [5.41, 5.74) is 5.21. The Morgan fingerprint density at radius 1 is 1.29 bits per heavy atom. The Kier molecular flexibility index (Phi) is 9.37. The van der Waals surface area contributed by atoms with Gasteiger partial charge in [-0.2, -0.15) is 0 Å². The standard InChI is InChI=1S/C11H23N3O3/c1-3-14(4-2)11(16)5-7-13-10(15)9-17-8-6-12/h3-9,12H2,1-2H3,(H,13,15). The molecular formula is C11H23N3O3. The second-order valence-electron chi connectivity index (χ2n) is 3.51. The van der Waals surface area contributed by atoms with Gasteiger partial charge in [-0.05, 0) is 13.8 Å². The lowest BCUT2D eigenvalue weighted by Crippen LogP contribution is -2.35. The SMILES string of the molecule is CCN(CC)C(=O)CCNC(=O)COCCN. The predicted octanol–water partition coefficient (Wildman–Crippen LogP) is -0.664. The Labute approximate surface area is 102 Å². The number of nitrogens with two attached hydrogens (primary N) is 1. The minimum atomic E-state index is -0.217. The summed E-state index contributed by atoms with van der Waals surface area (Å²) >= 11 is 0. The first kappa shape index (κ1) is 15.9. The van der Waals surface area contributed by atoms with Gasteiger partial charge in [0.05, 0.1) is 6.61 Å². The van der Waals surface area contributed by atoms with E-state index in [9.17, 15) is 9.59 Å². The first-order valence-corrected chi connectivity index (χ1v) is 5.97. The van der Waals surface area contributed by atoms with Crippen molar-refractivity contribution < 1.29 is 14.3 Å². The first-order chi connectivity index (χ1) is 8.15. The van der Waals surface area contributed by atoms with E-state index in [0.29, 0.717) is 39.2 Å². The number of hydrogen-bond donors (Lipinski definition) is 2. The molecule has 0 heterocycles. The highest BCUT2D eigenvalue weighted by molar-refractivity contribution is 5.79. The summed E-state index contributed by atoms with van der Waals surface area (Å²) in [5, 5.41) is 2.62. The summed E-state index contributed by atoms with van der Waals surface area (Å²) < 4.78 is 4.96. The third kappa shape index (κ3) is 7.70. The summed E-state index contributed by atoms with van der Waals surface area (Å²) in [7, 11) is 0. The van der Waals surface area contributed by atoms with Crippen molar-refractivity contribution in [2.24, 2.45) is 5.73 Å². The number of nitrogens with zero attached hydrogens (tertiary/aromatic N) is 1. The molecule has 0 aliphatic carbocycles. The van der Waals surface area contributed by atoms with Crippen molar-refractivity contribution >= 4 is 11.8 Å². The van der Waals surface area contributed by atoms with Crippen molar-refractivity contribution in [1.82, 2.24) is 10.2 Å². The van der Waals surface area contributed by atoms with E-state index in [2.05, 4.69) is 5.32 Å². The number of nitrogens with one attached hydrogen (secondary N) is 1. The van der Waals surface area contributed by atoms with Gasteiger partial charge in [-0.15, -0.1) is 0 Å². The van der Waals surface area contributed by atoms with E-state index in [0.717, 1.165) is 0 Å². The molecule has 0 aliphatic heterocycles. The molecule has 3 N–H and O–H groups in total. The zero-order valence-electron chi connectivity index (χ0n) is 10.7. The molecule has 0 aromatic carbocycles. The van der Waals surface area contributed by atoms with Crippen LogP contribution in [0.3, 0.4) is 0 Å². The Balaban J connectivity index is 3.61. The molecule has 0 saturated carbocycles. The van der Waals surface area contributed by atoms with Crippen LogP contribution in [0, 0.1) is 0 Å². The van der Waals surface area contributed by atoms with Crippen LogP contribution in [-0.2, 0) is 14.3 Å². The van der Waals surface area contributed by atoms with E-state index in [1.807, 2.05) is 13.8 Å². The maximum Gasteiger partial charge on any atom is 0.246 e. The molecular weight excluding hydrogens is 222 g/mol. The van der Waals surface area contributed by atoms with Crippen LogP contribution in [0.25, 0.3) is 0 Å². The quantitative estimate of drug-likeness (QED) is 0.528. The van der Waals surface area contributed by atoms with Crippen molar-refractivity contribution in [2.75, 3.05) is 39.4 Å². The van der Waals surface area contributed by atoms with Gasteiger partial charge in [-0.1, -0.05) is 0 Å². The number of ether oxygens (including phenoxy) is 1. The van der Waals surface area contributed by atoms with Crippen LogP contribution in [0.4, 0.5) is 0 Å². The van der Waals surface area contributed by atoms with Gasteiger partial charge < -0.3 is 20.7 Å². The maximum atomic E-state index is 11.6. The van der Waals surface area contributed by atoms with Crippen molar-refractivity contribution in [1.29, 1.82) is 0 Å². The molecule has 0 aromatic rings. The van der Waals surface area contributed by atoms with Gasteiger partial charge in [0, 0.05) is 32.6 Å². The minimum Gasteiger partial charge on any atom is -0.370 e. The Morgan fingerprint density at radius 3 is 2.47 bits per heavy atom. The highest BCUT2D eigenvalue weighted by Gasteiger charge is 2.09. The zero-order chi connectivity index (χ0) is 13.1. The topological polar surface area (TPSA) is 84.7 Å². The normalized spacial score (nSPS) is 10.1. The van der Waals surface area contributed by atoms with Gasteiger partial charge in [-0.25, -0.2) is 0 Å². The minimum absolute atomic E-state index is 0.00331. The fourth-order valence-electron chi connectivity index (χ4n) is 1.34. The largest absolute Gasteiger partial charge is 0.370 e. The lowest BCUT2D eigenvalue weighted by molar-refractivity contribution is -0.131. The van der Waals surface area contributed by atoms with Crippen LogP contribution in [0.5, 0.6) is 0 Å². The molecule has 2 amide bonds. The molecule has 0 aromatic heterocycles. The molecule has 6 heteroatoms. The fraction of sp³-hybridized carbons (Fsp3) is 0.818. The number of carbonyl (C=O) groups is 2. The van der Waals surface area contributed by atoms with Crippen molar-refractivity contribution in [3.8, 4) is 0 Å². The molecule has 0 bridgehead atoms. The smallest absolute Gasteiger partial charge is 0.246 e. The van der Waals surface area contributed by atoms with E-state index >= 15 is 0 Å². The molecule has 0 aliphatic rings. The highest BCUT2D eigenvalue weighted by atomic mass is 16.5. The Morgan fingerprint density at radius 2 is 1.94 bits per heavy atom. The van der Waals surface area contributed by atoms with Gasteiger partial charge in [0.25, 0.3) is 0 Å². The zero-order valence-corrected chi connectivity index (χ0v) is 10.7. The molecule has 0 fully saturated rings. The Bertz CT molecular complexity index is 230. The van der Waals surface area contributed by atoms with Crippen LogP contribution in [0.15, 0.2) is 0 Å². The second-order valence-corrected chi connectivity index (χ2v) is 3.51. The molecule has 0 rings (SSSR count). The average molecular weight is 245 g/mol. The van der Waals surface area contributed by atoms with E-state index in [-0.39, 0.29) is 18.4 Å². The van der Waals surface area contributed by atoms with E-state index in [1.165, 1.54) is 0 Å². The lowest BCUT2D eigenvalue weighted by atomic mass is 10.3. The van der Waals surface area contributed by atoms with Crippen molar-refractivity contribution in [3.05, 3.63) is 0 Å². The van der Waals surface area contributed by atoms with Gasteiger partial charge in [0.1, 0.15) is 6.61 Å². The van der Waals surface area contributed by atoms with E-state index in [4.69, 9.17) is 10.5 Å². The van der Waals surface area contributed by atoms with Crippen molar-refractivity contribution in [2.45, 2.75) is 20.3 Å². The molecule has 0 saturated heterocycles. The van der Waals surface area contributed by atoms with Gasteiger partial charge in [0.2, 0.25) is 11.8 Å². The molecule has 0 unspecified atom stereocenters. The van der Waals surface area contributed by atoms with Gasteiger partial charge in [0.15, 0.2) is 0 Å². The molecule has 0 radical (unpaired) electrons. The summed E-state index contributed by atoms with van der Waals surface area (Å²) in [5.74, 6) is -0.163. The predicted molar refractivity (Wildman–Crippen MR) is 65.4 cm³/mol. The van der Waals surface area contributed by atoms with Crippen molar-refractivity contribution in [3.63, 3.8) is 0 Å². The average Bonchev–Trinajstić information content (AvgIpc) is 2.31. The molecule has 0 atom stereocenters. The third-order valence-corrected chi connectivity index (χ3v) is 2.27. The molecule has 17 heavy (non-hydrogen) atoms. The van der Waals surface area contributed by atoms with Crippen LogP contribution < -0.4 is 11.1 Å². The number of hydrogen-bond acceptors (Lipinski definition) is 4. The van der Waals surface area contributed by atoms with Gasteiger partial charge >= 0.3 is 0 Å². The second kappa shape index (κ2) is 10.0. The van der Waals surface area contributed by atoms with Crippen LogP contribution >= 0.6 is 0 Å². The van der Waals surface area contributed by atoms with Crippen LogP contribution in [-0.4, -0.2) is 56.1 Å². The van der Waals surface area contributed by atoms with E-state index < -0.39 is 0 Å². The van der Waals surface area contributed by atoms with Crippen LogP contribution in [0.1, 0.15) is 20.3 Å². The summed E-state index contributed by atoms with van der Waals surface area (Å²) in [6.45, 7) is 6.36. The fourth-order valence-corrected chi connectivity index (χ4v) is 1.34. The molecule has 0 spiro atoms. The van der Waals surface area contributed by atoms with Crippen LogP contribution in [0.2, 0.25) is 0 Å². The monoisotopic (exact) mass is 245 g/mol. The maximum absolute atomic E-state index is 11.6.